The Morgan fingerprint density at radius 2 is 2.00 bits per heavy atom. The summed E-state index contributed by atoms with van der Waals surface area (Å²) in [6.07, 6.45) is 5.61. The van der Waals surface area contributed by atoms with Crippen molar-refractivity contribution in [2.45, 2.75) is 25.7 Å². The molecule has 1 atom stereocenters. The molecule has 1 aliphatic rings. The molecule has 0 saturated carbocycles. The second-order valence-electron chi connectivity index (χ2n) is 3.49. The fraction of sp³-hybridized carbons (Fsp3) is 0.800. The summed E-state index contributed by atoms with van der Waals surface area (Å²) in [5.41, 5.74) is 0. The average Bonchev–Trinajstić information content (AvgIpc) is 2.16. The van der Waals surface area contributed by atoms with Crippen LogP contribution in [-0.4, -0.2) is 30.8 Å². The van der Waals surface area contributed by atoms with Gasteiger partial charge in [0.15, 0.2) is 0 Å². The van der Waals surface area contributed by atoms with E-state index in [0.29, 0.717) is 0 Å². The van der Waals surface area contributed by atoms with Gasteiger partial charge in [-0.3, -0.25) is 0 Å². The van der Waals surface area contributed by atoms with E-state index >= 15 is 0 Å². The minimum Gasteiger partial charge on any atom is -0.303 e. The minimum atomic E-state index is -0.257. The maximum atomic E-state index is 10.2. The number of rotatable bonds is 4. The highest BCUT2D eigenvalue weighted by Gasteiger charge is 2.10. The molecule has 0 amide bonds. The largest absolute Gasteiger partial charge is 0.303 e. The third-order valence-corrected chi connectivity index (χ3v) is 2.40. The van der Waals surface area contributed by atoms with Crippen LogP contribution >= 0.6 is 0 Å². The molecule has 68 valence electrons. The van der Waals surface area contributed by atoms with Gasteiger partial charge in [0.05, 0.1) is 0 Å². The lowest BCUT2D eigenvalue weighted by Gasteiger charge is -2.26. The third kappa shape index (κ3) is 3.35. The van der Waals surface area contributed by atoms with E-state index in [1.165, 1.54) is 32.4 Å². The molecule has 12 heavy (non-hydrogen) atoms. The van der Waals surface area contributed by atoms with Gasteiger partial charge in [-0.05, 0) is 45.8 Å². The first-order chi connectivity index (χ1) is 5.83. The number of carbonyl (C=O) groups excluding carboxylic acids is 1. The molecule has 0 spiro atoms. The van der Waals surface area contributed by atoms with E-state index in [4.69, 9.17) is 6.92 Å². The summed E-state index contributed by atoms with van der Waals surface area (Å²) in [6.45, 7) is 8.85. The Kier molecular flexibility index (Phi) is 4.30. The van der Waals surface area contributed by atoms with Gasteiger partial charge in [-0.1, -0.05) is 6.42 Å². The molecule has 1 aliphatic heterocycles. The van der Waals surface area contributed by atoms with Crippen molar-refractivity contribution in [3.8, 4) is 0 Å². The smallest absolute Gasteiger partial charge is 0.123 e. The number of hydrogen-bond acceptors (Lipinski definition) is 2. The summed E-state index contributed by atoms with van der Waals surface area (Å²) >= 11 is 0. The average molecular weight is 167 g/mol. The number of nitrogens with zero attached hydrogens (tertiary/aromatic N) is 1. The van der Waals surface area contributed by atoms with Crippen molar-refractivity contribution in [3.63, 3.8) is 0 Å². The quantitative estimate of drug-likeness (QED) is 0.590. The molecule has 0 N–H and O–H groups in total. The van der Waals surface area contributed by atoms with Crippen molar-refractivity contribution in [1.82, 2.24) is 4.90 Å². The summed E-state index contributed by atoms with van der Waals surface area (Å²) < 4.78 is 0. The molecule has 1 rings (SSSR count). The third-order valence-electron chi connectivity index (χ3n) is 2.40. The Morgan fingerprint density at radius 1 is 1.33 bits per heavy atom. The zero-order valence-electron chi connectivity index (χ0n) is 7.54. The van der Waals surface area contributed by atoms with Gasteiger partial charge >= 0.3 is 0 Å². The lowest BCUT2D eigenvalue weighted by Crippen LogP contribution is -2.31. The summed E-state index contributed by atoms with van der Waals surface area (Å²) in [7, 11) is 0. The van der Waals surface area contributed by atoms with Crippen LogP contribution < -0.4 is 0 Å². The first kappa shape index (κ1) is 9.72. The lowest BCUT2D eigenvalue weighted by molar-refractivity contribution is -0.110. The fourth-order valence-electron chi connectivity index (χ4n) is 1.58. The zero-order valence-corrected chi connectivity index (χ0v) is 7.54. The minimum absolute atomic E-state index is 0.257. The monoisotopic (exact) mass is 167 g/mol. The standard InChI is InChI=1S/C10H17NO/c1-10(9-12)5-8-11-6-3-2-4-7-11/h1,9-10H,2-8H2/t10-/m0/s1. The van der Waals surface area contributed by atoms with Gasteiger partial charge in [0, 0.05) is 5.92 Å². The molecule has 0 unspecified atom stereocenters. The van der Waals surface area contributed by atoms with E-state index in [9.17, 15) is 4.79 Å². The molecule has 2 heteroatoms. The molecule has 1 saturated heterocycles. The van der Waals surface area contributed by atoms with Crippen molar-refractivity contribution in [2.24, 2.45) is 5.92 Å². The maximum Gasteiger partial charge on any atom is 0.123 e. The Labute approximate surface area is 74.9 Å². The maximum absolute atomic E-state index is 10.2. The van der Waals surface area contributed by atoms with Gasteiger partial charge in [-0.25, -0.2) is 0 Å². The van der Waals surface area contributed by atoms with E-state index in [2.05, 4.69) is 4.90 Å². The first-order valence-electron chi connectivity index (χ1n) is 4.76. The van der Waals surface area contributed by atoms with Crippen LogP contribution in [0.1, 0.15) is 25.7 Å². The van der Waals surface area contributed by atoms with Crippen molar-refractivity contribution in [2.75, 3.05) is 19.6 Å². The number of carbonyl (C=O) groups is 1. The Balaban J connectivity index is 2.08. The van der Waals surface area contributed by atoms with Crippen LogP contribution in [0.4, 0.5) is 0 Å². The van der Waals surface area contributed by atoms with Crippen LogP contribution in [-0.2, 0) is 4.79 Å². The van der Waals surface area contributed by atoms with Crippen LogP contribution in [0.2, 0.25) is 0 Å². The van der Waals surface area contributed by atoms with E-state index in [-0.39, 0.29) is 5.92 Å². The zero-order chi connectivity index (χ0) is 8.81. The van der Waals surface area contributed by atoms with Gasteiger partial charge < -0.3 is 9.69 Å². The molecular formula is C10H17NO. The predicted molar refractivity (Wildman–Crippen MR) is 48.8 cm³/mol. The highest BCUT2D eigenvalue weighted by atomic mass is 16.1. The van der Waals surface area contributed by atoms with Crippen molar-refractivity contribution >= 4 is 6.29 Å². The number of hydrogen-bond donors (Lipinski definition) is 0. The molecule has 1 fully saturated rings. The number of likely N-dealkylation sites (tertiary alicyclic amines) is 1. The van der Waals surface area contributed by atoms with Crippen LogP contribution in [0.25, 0.3) is 0 Å². The summed E-state index contributed by atoms with van der Waals surface area (Å²) in [4.78, 5) is 12.6. The predicted octanol–water partition coefficient (Wildman–Crippen LogP) is 1.39. The second-order valence-corrected chi connectivity index (χ2v) is 3.49. The second kappa shape index (κ2) is 5.31. The van der Waals surface area contributed by atoms with E-state index in [1.807, 2.05) is 0 Å². The number of piperidine rings is 1. The van der Waals surface area contributed by atoms with Gasteiger partial charge in [0.1, 0.15) is 6.29 Å². The summed E-state index contributed by atoms with van der Waals surface area (Å²) in [5, 5.41) is 0. The Hall–Kier alpha value is -0.370. The molecule has 2 radical (unpaired) electrons. The van der Waals surface area contributed by atoms with Crippen LogP contribution in [0.3, 0.4) is 0 Å². The Morgan fingerprint density at radius 3 is 2.58 bits per heavy atom. The molecule has 1 heterocycles. The van der Waals surface area contributed by atoms with Gasteiger partial charge in [0.25, 0.3) is 0 Å². The first-order valence-corrected chi connectivity index (χ1v) is 4.76. The van der Waals surface area contributed by atoms with E-state index < -0.39 is 0 Å². The summed E-state index contributed by atoms with van der Waals surface area (Å²) in [6, 6.07) is 0. The SMILES string of the molecule is [CH][C@H](C=O)CCN1CCCCC1. The highest BCUT2D eigenvalue weighted by molar-refractivity contribution is 5.54. The Bertz CT molecular complexity index is 130. The van der Waals surface area contributed by atoms with Crippen molar-refractivity contribution in [3.05, 3.63) is 6.92 Å². The topological polar surface area (TPSA) is 20.3 Å². The van der Waals surface area contributed by atoms with Gasteiger partial charge in [-0.2, -0.15) is 0 Å². The molecule has 0 bridgehead atoms. The van der Waals surface area contributed by atoms with E-state index in [1.54, 1.807) is 0 Å². The van der Waals surface area contributed by atoms with Gasteiger partial charge in [-0.15, -0.1) is 0 Å². The molecular weight excluding hydrogens is 150 g/mol. The molecule has 2 nitrogen and oxygen atoms in total. The summed E-state index contributed by atoms with van der Waals surface area (Å²) in [5.74, 6) is -0.257. The number of aldehydes is 1. The van der Waals surface area contributed by atoms with Crippen LogP contribution in [0, 0.1) is 12.8 Å². The normalized spacial score (nSPS) is 22.1. The van der Waals surface area contributed by atoms with Crippen molar-refractivity contribution < 1.29 is 4.79 Å². The fourth-order valence-corrected chi connectivity index (χ4v) is 1.58. The highest BCUT2D eigenvalue weighted by Crippen LogP contribution is 2.10. The molecule has 0 aromatic carbocycles. The van der Waals surface area contributed by atoms with Crippen molar-refractivity contribution in [1.29, 1.82) is 0 Å². The van der Waals surface area contributed by atoms with Crippen LogP contribution in [0.15, 0.2) is 0 Å². The van der Waals surface area contributed by atoms with Crippen LogP contribution in [0.5, 0.6) is 0 Å². The van der Waals surface area contributed by atoms with Gasteiger partial charge in [0.2, 0.25) is 0 Å². The lowest BCUT2D eigenvalue weighted by atomic mass is 10.1. The molecule has 0 aromatic rings. The molecule has 0 aliphatic carbocycles. The van der Waals surface area contributed by atoms with E-state index in [0.717, 1.165) is 19.3 Å². The molecule has 0 aromatic heterocycles.